The quantitative estimate of drug-likeness (QED) is 0.814. The largest absolute Gasteiger partial charge is 0.486 e. The first-order chi connectivity index (χ1) is 7.96. The van der Waals surface area contributed by atoms with Crippen molar-refractivity contribution < 1.29 is 27.4 Å². The normalized spacial score (nSPS) is 14.5. The van der Waals surface area contributed by atoms with Gasteiger partial charge >= 0.3 is 6.18 Å². The zero-order chi connectivity index (χ0) is 12.5. The Hall–Kier alpha value is -1.79. The molecule has 0 saturated carbocycles. The Morgan fingerprint density at radius 1 is 1.18 bits per heavy atom. The second-order valence-electron chi connectivity index (χ2n) is 3.44. The van der Waals surface area contributed by atoms with Gasteiger partial charge in [0, 0.05) is 12.1 Å². The summed E-state index contributed by atoms with van der Waals surface area (Å²) in [4.78, 5) is 0. The summed E-state index contributed by atoms with van der Waals surface area (Å²) < 4.78 is 51.0. The first kappa shape index (κ1) is 11.7. The van der Waals surface area contributed by atoms with Crippen molar-refractivity contribution in [2.45, 2.75) is 6.18 Å². The number of nitrogens with two attached hydrogens (primary N) is 1. The molecule has 2 rings (SSSR count). The highest BCUT2D eigenvalue weighted by atomic mass is 19.4. The Kier molecular flexibility index (Phi) is 2.91. The first-order valence-corrected chi connectivity index (χ1v) is 4.84. The molecule has 0 spiro atoms. The minimum atomic E-state index is -4.40. The Labute approximate surface area is 95.1 Å². The van der Waals surface area contributed by atoms with Gasteiger partial charge in [-0.1, -0.05) is 0 Å². The summed E-state index contributed by atoms with van der Waals surface area (Å²) in [5, 5.41) is 0. The molecule has 1 aromatic carbocycles. The average Bonchev–Trinajstić information content (AvgIpc) is 2.25. The Morgan fingerprint density at radius 2 is 1.76 bits per heavy atom. The number of halogens is 3. The van der Waals surface area contributed by atoms with Gasteiger partial charge in [-0.15, -0.1) is 0 Å². The highest BCUT2D eigenvalue weighted by molar-refractivity contribution is 5.62. The van der Waals surface area contributed by atoms with E-state index in [1.807, 2.05) is 0 Å². The number of hydrogen-bond acceptors (Lipinski definition) is 4. The van der Waals surface area contributed by atoms with E-state index in [0.717, 1.165) is 0 Å². The summed E-state index contributed by atoms with van der Waals surface area (Å²) in [6.07, 6.45) is -4.40. The Bertz CT molecular complexity index is 420. The number of ether oxygens (including phenoxy) is 3. The summed E-state index contributed by atoms with van der Waals surface area (Å²) in [6.45, 7) is -0.665. The fourth-order valence-corrected chi connectivity index (χ4v) is 1.37. The molecule has 0 aliphatic carbocycles. The molecule has 0 atom stereocenters. The first-order valence-electron chi connectivity index (χ1n) is 4.84. The smallest absolute Gasteiger partial charge is 0.422 e. The van der Waals surface area contributed by atoms with Gasteiger partial charge in [0.2, 0.25) is 0 Å². The van der Waals surface area contributed by atoms with Crippen molar-refractivity contribution >= 4 is 5.69 Å². The number of alkyl halides is 3. The molecule has 0 amide bonds. The monoisotopic (exact) mass is 249 g/mol. The van der Waals surface area contributed by atoms with Crippen LogP contribution in [-0.2, 0) is 0 Å². The Morgan fingerprint density at radius 3 is 2.35 bits per heavy atom. The molecule has 0 radical (unpaired) electrons. The molecule has 1 aliphatic heterocycles. The minimum absolute atomic E-state index is 0.0634. The molecule has 94 valence electrons. The number of nitrogen functional groups attached to an aromatic ring is 1. The number of hydrogen-bond donors (Lipinski definition) is 1. The van der Waals surface area contributed by atoms with Crippen LogP contribution in [0.5, 0.6) is 17.2 Å². The maximum atomic E-state index is 12.0. The van der Waals surface area contributed by atoms with Crippen LogP contribution in [0.3, 0.4) is 0 Å². The van der Waals surface area contributed by atoms with Crippen LogP contribution in [0.4, 0.5) is 18.9 Å². The van der Waals surface area contributed by atoms with E-state index in [0.29, 0.717) is 24.7 Å². The zero-order valence-electron chi connectivity index (χ0n) is 8.71. The van der Waals surface area contributed by atoms with Crippen molar-refractivity contribution in [3.63, 3.8) is 0 Å². The van der Waals surface area contributed by atoms with Gasteiger partial charge in [0.25, 0.3) is 0 Å². The molecule has 0 saturated heterocycles. The molecule has 4 nitrogen and oxygen atoms in total. The minimum Gasteiger partial charge on any atom is -0.486 e. The maximum Gasteiger partial charge on any atom is 0.422 e. The zero-order valence-corrected chi connectivity index (χ0v) is 8.71. The van der Waals surface area contributed by atoms with E-state index >= 15 is 0 Å². The lowest BCUT2D eigenvalue weighted by Gasteiger charge is -2.20. The average molecular weight is 249 g/mol. The Balaban J connectivity index is 2.17. The van der Waals surface area contributed by atoms with E-state index in [1.165, 1.54) is 12.1 Å². The van der Waals surface area contributed by atoms with Gasteiger partial charge in [0.05, 0.1) is 5.69 Å². The summed E-state index contributed by atoms with van der Waals surface area (Å²) >= 11 is 0. The van der Waals surface area contributed by atoms with Gasteiger partial charge in [0.15, 0.2) is 18.1 Å². The lowest BCUT2D eigenvalue weighted by molar-refractivity contribution is -0.153. The fourth-order valence-electron chi connectivity index (χ4n) is 1.37. The molecule has 17 heavy (non-hydrogen) atoms. The molecule has 0 fully saturated rings. The van der Waals surface area contributed by atoms with Crippen molar-refractivity contribution in [3.8, 4) is 17.2 Å². The van der Waals surface area contributed by atoms with Crippen LogP contribution >= 0.6 is 0 Å². The second kappa shape index (κ2) is 4.23. The van der Waals surface area contributed by atoms with E-state index in [-0.39, 0.29) is 11.4 Å². The van der Waals surface area contributed by atoms with Crippen LogP contribution in [0.25, 0.3) is 0 Å². The summed E-state index contributed by atoms with van der Waals surface area (Å²) in [5.74, 6) is 0.683. The molecular formula is C10H10F3NO3. The highest BCUT2D eigenvalue weighted by Crippen LogP contribution is 2.38. The predicted octanol–water partition coefficient (Wildman–Crippen LogP) is 1.98. The molecule has 0 aromatic heterocycles. The SMILES string of the molecule is Nc1cc2c(cc1OCC(F)(F)F)OCCO2. The van der Waals surface area contributed by atoms with E-state index < -0.39 is 12.8 Å². The van der Waals surface area contributed by atoms with Gasteiger partial charge < -0.3 is 19.9 Å². The summed E-state index contributed by atoms with van der Waals surface area (Å²) in [5.41, 5.74) is 5.63. The van der Waals surface area contributed by atoms with Gasteiger partial charge in [-0.3, -0.25) is 0 Å². The standard InChI is InChI=1S/C10H10F3NO3/c11-10(12,13)5-17-7-4-9-8(3-6(7)14)15-1-2-16-9/h3-4H,1-2,5,14H2. The van der Waals surface area contributed by atoms with Crippen molar-refractivity contribution in [2.24, 2.45) is 0 Å². The lowest BCUT2D eigenvalue weighted by atomic mass is 10.2. The van der Waals surface area contributed by atoms with Crippen LogP contribution in [0.15, 0.2) is 12.1 Å². The third-order valence-corrected chi connectivity index (χ3v) is 2.07. The molecule has 1 aliphatic rings. The van der Waals surface area contributed by atoms with Crippen LogP contribution in [0.1, 0.15) is 0 Å². The van der Waals surface area contributed by atoms with E-state index in [9.17, 15) is 13.2 Å². The van der Waals surface area contributed by atoms with Crippen LogP contribution in [0.2, 0.25) is 0 Å². The van der Waals surface area contributed by atoms with E-state index in [4.69, 9.17) is 15.2 Å². The number of benzene rings is 1. The van der Waals surface area contributed by atoms with Gasteiger partial charge in [-0.05, 0) is 0 Å². The number of fused-ring (bicyclic) bond motifs is 1. The number of rotatable bonds is 2. The van der Waals surface area contributed by atoms with Crippen molar-refractivity contribution in [2.75, 3.05) is 25.6 Å². The molecule has 0 bridgehead atoms. The molecule has 1 aromatic rings. The third kappa shape index (κ3) is 2.86. The van der Waals surface area contributed by atoms with Crippen LogP contribution < -0.4 is 19.9 Å². The second-order valence-corrected chi connectivity index (χ2v) is 3.44. The van der Waals surface area contributed by atoms with Crippen LogP contribution in [-0.4, -0.2) is 26.0 Å². The highest BCUT2D eigenvalue weighted by Gasteiger charge is 2.29. The topological polar surface area (TPSA) is 53.7 Å². The van der Waals surface area contributed by atoms with Crippen molar-refractivity contribution in [3.05, 3.63) is 12.1 Å². The van der Waals surface area contributed by atoms with Crippen LogP contribution in [0, 0.1) is 0 Å². The fraction of sp³-hybridized carbons (Fsp3) is 0.400. The van der Waals surface area contributed by atoms with Gasteiger partial charge in [-0.25, -0.2) is 0 Å². The van der Waals surface area contributed by atoms with Crippen molar-refractivity contribution in [1.82, 2.24) is 0 Å². The molecule has 0 unspecified atom stereocenters. The maximum absolute atomic E-state index is 12.0. The van der Waals surface area contributed by atoms with E-state index in [1.54, 1.807) is 0 Å². The molecule has 1 heterocycles. The summed E-state index contributed by atoms with van der Waals surface area (Å²) in [7, 11) is 0. The number of anilines is 1. The van der Waals surface area contributed by atoms with Gasteiger partial charge in [-0.2, -0.15) is 13.2 Å². The lowest BCUT2D eigenvalue weighted by Crippen LogP contribution is -2.20. The van der Waals surface area contributed by atoms with E-state index in [2.05, 4.69) is 4.74 Å². The van der Waals surface area contributed by atoms with Crippen molar-refractivity contribution in [1.29, 1.82) is 0 Å². The third-order valence-electron chi connectivity index (χ3n) is 2.07. The van der Waals surface area contributed by atoms with Gasteiger partial charge in [0.1, 0.15) is 19.0 Å². The molecule has 7 heteroatoms. The summed E-state index contributed by atoms with van der Waals surface area (Å²) in [6, 6.07) is 2.69. The predicted molar refractivity (Wildman–Crippen MR) is 53.4 cm³/mol. The molecular weight excluding hydrogens is 239 g/mol. The molecule has 2 N–H and O–H groups in total.